The van der Waals surface area contributed by atoms with E-state index >= 15 is 0 Å². The minimum Gasteiger partial charge on any atom is -0.385 e. The molecule has 204 valence electrons. The summed E-state index contributed by atoms with van der Waals surface area (Å²) in [5.74, 6) is -0.253. The normalized spacial score (nSPS) is 10.9. The fourth-order valence-electron chi connectivity index (χ4n) is 4.26. The van der Waals surface area contributed by atoms with Gasteiger partial charge in [-0.1, -0.05) is 69.4 Å². The number of nitrogens with one attached hydrogen (secondary N) is 1. The predicted octanol–water partition coefficient (Wildman–Crippen LogP) is 6.23. The van der Waals surface area contributed by atoms with Gasteiger partial charge in [-0.05, 0) is 37.1 Å². The molecule has 0 aliphatic heterocycles. The van der Waals surface area contributed by atoms with Gasteiger partial charge >= 0.3 is 0 Å². The van der Waals surface area contributed by atoms with Gasteiger partial charge in [0.2, 0.25) is 11.8 Å². The first-order valence-electron chi connectivity index (χ1n) is 13.5. The van der Waals surface area contributed by atoms with Crippen molar-refractivity contribution >= 4 is 17.6 Å². The highest BCUT2D eigenvalue weighted by molar-refractivity contribution is 5.94. The van der Waals surface area contributed by atoms with Crippen molar-refractivity contribution in [2.24, 2.45) is 0 Å². The summed E-state index contributed by atoms with van der Waals surface area (Å²) in [6.07, 6.45) is 7.65. The average molecular weight is 523 g/mol. The third-order valence-corrected chi connectivity index (χ3v) is 6.33. The van der Waals surface area contributed by atoms with Crippen LogP contribution < -0.4 is 5.32 Å². The van der Waals surface area contributed by atoms with Crippen LogP contribution in [0.2, 0.25) is 0 Å². The van der Waals surface area contributed by atoms with Gasteiger partial charge < -0.3 is 15.0 Å². The number of hydrogen-bond donors (Lipinski definition) is 1. The molecule has 3 rings (SSSR count). The highest BCUT2D eigenvalue weighted by Crippen LogP contribution is 2.25. The van der Waals surface area contributed by atoms with E-state index in [1.807, 2.05) is 30.3 Å². The summed E-state index contributed by atoms with van der Waals surface area (Å²) in [5, 5.41) is 7.58. The molecule has 8 heteroatoms. The molecule has 2 amide bonds. The molecule has 0 aliphatic carbocycles. The minimum atomic E-state index is -0.356. The molecule has 1 N–H and O–H groups in total. The SMILES string of the molecule is CCCCCCCCC(=O)N(CCCOC)CC(=O)Nc1cc(-c2ccccc2)nn1-c1ccc(F)cc1. The maximum Gasteiger partial charge on any atom is 0.245 e. The molecular formula is C30H39FN4O3. The summed E-state index contributed by atoms with van der Waals surface area (Å²) in [5.41, 5.74) is 2.17. The first-order valence-corrected chi connectivity index (χ1v) is 13.5. The average Bonchev–Trinajstić information content (AvgIpc) is 3.34. The molecule has 0 fully saturated rings. The van der Waals surface area contributed by atoms with E-state index in [9.17, 15) is 14.0 Å². The van der Waals surface area contributed by atoms with Gasteiger partial charge in [-0.2, -0.15) is 5.10 Å². The number of carbonyl (C=O) groups excluding carboxylic acids is 2. The summed E-state index contributed by atoms with van der Waals surface area (Å²) in [4.78, 5) is 27.7. The van der Waals surface area contributed by atoms with E-state index in [0.717, 1.165) is 24.8 Å². The number of halogens is 1. The van der Waals surface area contributed by atoms with Crippen LogP contribution in [0.25, 0.3) is 16.9 Å². The molecule has 0 bridgehead atoms. The Morgan fingerprint density at radius 1 is 0.974 bits per heavy atom. The Kier molecular flexibility index (Phi) is 12.0. The monoisotopic (exact) mass is 522 g/mol. The van der Waals surface area contributed by atoms with Gasteiger partial charge in [-0.25, -0.2) is 9.07 Å². The van der Waals surface area contributed by atoms with E-state index in [4.69, 9.17) is 4.74 Å². The van der Waals surface area contributed by atoms with E-state index in [2.05, 4.69) is 17.3 Å². The highest BCUT2D eigenvalue weighted by Gasteiger charge is 2.19. The number of rotatable bonds is 16. The van der Waals surface area contributed by atoms with Crippen LogP contribution in [0.5, 0.6) is 0 Å². The van der Waals surface area contributed by atoms with Gasteiger partial charge in [0, 0.05) is 38.3 Å². The summed E-state index contributed by atoms with van der Waals surface area (Å²) in [6.45, 7) is 3.08. The summed E-state index contributed by atoms with van der Waals surface area (Å²) in [6, 6.07) is 17.3. The molecule has 0 atom stereocenters. The smallest absolute Gasteiger partial charge is 0.245 e. The van der Waals surface area contributed by atoms with Gasteiger partial charge in [-0.15, -0.1) is 0 Å². The number of methoxy groups -OCH3 is 1. The topological polar surface area (TPSA) is 76.5 Å². The maximum absolute atomic E-state index is 13.5. The van der Waals surface area contributed by atoms with Gasteiger partial charge in [0.25, 0.3) is 0 Å². The van der Waals surface area contributed by atoms with E-state index < -0.39 is 0 Å². The van der Waals surface area contributed by atoms with Crippen LogP contribution in [0, 0.1) is 5.82 Å². The van der Waals surface area contributed by atoms with Crippen molar-refractivity contribution in [3.63, 3.8) is 0 Å². The molecule has 2 aromatic carbocycles. The number of ether oxygens (including phenoxy) is 1. The molecule has 1 heterocycles. The first-order chi connectivity index (χ1) is 18.5. The lowest BCUT2D eigenvalue weighted by molar-refractivity contribution is -0.135. The zero-order valence-corrected chi connectivity index (χ0v) is 22.5. The molecule has 38 heavy (non-hydrogen) atoms. The quantitative estimate of drug-likeness (QED) is 0.226. The fraction of sp³-hybridized carbons (Fsp3) is 0.433. The Balaban J connectivity index is 1.72. The lowest BCUT2D eigenvalue weighted by atomic mass is 10.1. The lowest BCUT2D eigenvalue weighted by Crippen LogP contribution is -2.39. The first kappa shape index (κ1) is 29.0. The van der Waals surface area contributed by atoms with E-state index in [0.29, 0.717) is 43.2 Å². The second-order valence-corrected chi connectivity index (χ2v) is 9.40. The van der Waals surface area contributed by atoms with Crippen molar-refractivity contribution in [3.05, 3.63) is 66.5 Å². The largest absolute Gasteiger partial charge is 0.385 e. The number of aromatic nitrogens is 2. The minimum absolute atomic E-state index is 0.0243. The Bertz CT molecular complexity index is 1130. The zero-order chi connectivity index (χ0) is 27.2. The van der Waals surface area contributed by atoms with Gasteiger partial charge in [0.05, 0.1) is 17.9 Å². The molecule has 0 radical (unpaired) electrons. The van der Waals surface area contributed by atoms with Crippen LogP contribution in [0.3, 0.4) is 0 Å². The molecule has 0 unspecified atom stereocenters. The molecule has 0 saturated heterocycles. The van der Waals surface area contributed by atoms with Gasteiger partial charge in [-0.3, -0.25) is 9.59 Å². The molecule has 0 saturated carbocycles. The van der Waals surface area contributed by atoms with Gasteiger partial charge in [0.15, 0.2) is 0 Å². The number of amides is 2. The lowest BCUT2D eigenvalue weighted by Gasteiger charge is -2.22. The van der Waals surface area contributed by atoms with Crippen molar-refractivity contribution in [2.75, 3.05) is 32.1 Å². The van der Waals surface area contributed by atoms with Crippen molar-refractivity contribution in [3.8, 4) is 16.9 Å². The van der Waals surface area contributed by atoms with E-state index in [-0.39, 0.29) is 24.2 Å². The van der Waals surface area contributed by atoms with Crippen LogP contribution in [0.4, 0.5) is 10.2 Å². The van der Waals surface area contributed by atoms with Crippen LogP contribution in [0.1, 0.15) is 58.3 Å². The number of anilines is 1. The molecule has 1 aromatic heterocycles. The predicted molar refractivity (Wildman–Crippen MR) is 149 cm³/mol. The van der Waals surface area contributed by atoms with Crippen LogP contribution >= 0.6 is 0 Å². The second-order valence-electron chi connectivity index (χ2n) is 9.40. The van der Waals surface area contributed by atoms with Crippen molar-refractivity contribution in [1.29, 1.82) is 0 Å². The van der Waals surface area contributed by atoms with E-state index in [1.165, 1.54) is 31.4 Å². The van der Waals surface area contributed by atoms with Gasteiger partial charge in [0.1, 0.15) is 11.6 Å². The molecular weight excluding hydrogens is 483 g/mol. The standard InChI is InChI=1S/C30H39FN4O3/c1-3-4-5-6-7-11-15-30(37)34(20-12-21-38-2)23-29(36)32-28-22-27(24-13-9-8-10-14-24)33-35(28)26-18-16-25(31)17-19-26/h8-10,13-14,16-19,22H,3-7,11-12,15,20-21,23H2,1-2H3,(H,32,36). The second kappa shape index (κ2) is 15.7. The number of nitrogens with zero attached hydrogens (tertiary/aromatic N) is 3. The van der Waals surface area contributed by atoms with Crippen molar-refractivity contribution in [2.45, 2.75) is 58.3 Å². The number of unbranched alkanes of at least 4 members (excludes halogenated alkanes) is 5. The summed E-state index contributed by atoms with van der Waals surface area (Å²) < 4.78 is 20.3. The van der Waals surface area contributed by atoms with Crippen LogP contribution in [-0.4, -0.2) is 53.3 Å². The third-order valence-electron chi connectivity index (χ3n) is 6.33. The van der Waals surface area contributed by atoms with E-state index in [1.54, 1.807) is 34.9 Å². The molecule has 3 aromatic rings. The van der Waals surface area contributed by atoms with Crippen molar-refractivity contribution < 1.29 is 18.7 Å². The third kappa shape index (κ3) is 9.10. The molecule has 7 nitrogen and oxygen atoms in total. The fourth-order valence-corrected chi connectivity index (χ4v) is 4.26. The molecule has 0 aliphatic rings. The maximum atomic E-state index is 13.5. The van der Waals surface area contributed by atoms with Crippen LogP contribution in [-0.2, 0) is 14.3 Å². The number of hydrogen-bond acceptors (Lipinski definition) is 4. The summed E-state index contributed by atoms with van der Waals surface area (Å²) in [7, 11) is 1.62. The number of benzene rings is 2. The molecule has 0 spiro atoms. The van der Waals surface area contributed by atoms with Crippen LogP contribution in [0.15, 0.2) is 60.7 Å². The Labute approximate surface area is 225 Å². The Hall–Kier alpha value is -3.52. The summed E-state index contributed by atoms with van der Waals surface area (Å²) >= 11 is 0. The Morgan fingerprint density at radius 2 is 1.68 bits per heavy atom. The highest BCUT2D eigenvalue weighted by atomic mass is 19.1. The van der Waals surface area contributed by atoms with Crippen molar-refractivity contribution in [1.82, 2.24) is 14.7 Å². The number of carbonyl (C=O) groups is 2. The zero-order valence-electron chi connectivity index (χ0n) is 22.5. The Morgan fingerprint density at radius 3 is 2.39 bits per heavy atom.